The SMILES string of the molecule is CCCOc1ccc(/C=N/NC(=O)CSc2nc3ccccc3[nH]2)cc1OC. The van der Waals surface area contributed by atoms with E-state index < -0.39 is 0 Å². The van der Waals surface area contributed by atoms with Gasteiger partial charge in [0.05, 0.1) is 36.7 Å². The molecule has 8 heteroatoms. The fraction of sp³-hybridized carbons (Fsp3) is 0.250. The second-order valence-corrected chi connectivity index (χ2v) is 6.86. The van der Waals surface area contributed by atoms with Crippen LogP contribution in [0.4, 0.5) is 0 Å². The highest BCUT2D eigenvalue weighted by atomic mass is 32.2. The number of hydrazone groups is 1. The molecule has 0 aliphatic heterocycles. The number of aromatic nitrogens is 2. The molecule has 0 aliphatic rings. The van der Waals surface area contributed by atoms with Crippen LogP contribution in [0.15, 0.2) is 52.7 Å². The Balaban J connectivity index is 1.51. The zero-order valence-electron chi connectivity index (χ0n) is 15.8. The molecule has 28 heavy (non-hydrogen) atoms. The van der Waals surface area contributed by atoms with Gasteiger partial charge in [0.1, 0.15) is 0 Å². The van der Waals surface area contributed by atoms with Crippen LogP contribution in [-0.4, -0.2) is 41.6 Å². The first-order valence-electron chi connectivity index (χ1n) is 8.90. The van der Waals surface area contributed by atoms with Gasteiger partial charge in [0.2, 0.25) is 0 Å². The molecule has 0 saturated heterocycles. The maximum atomic E-state index is 12.0. The summed E-state index contributed by atoms with van der Waals surface area (Å²) in [5, 5.41) is 4.70. The first kappa shape index (κ1) is 19.8. The number of para-hydroxylation sites is 2. The van der Waals surface area contributed by atoms with Gasteiger partial charge < -0.3 is 14.5 Å². The van der Waals surface area contributed by atoms with Gasteiger partial charge in [-0.15, -0.1) is 0 Å². The molecule has 1 aromatic heterocycles. The van der Waals surface area contributed by atoms with Gasteiger partial charge in [0.25, 0.3) is 5.91 Å². The number of aromatic amines is 1. The summed E-state index contributed by atoms with van der Waals surface area (Å²) in [6.07, 6.45) is 2.49. The normalized spacial score (nSPS) is 11.1. The topological polar surface area (TPSA) is 88.6 Å². The molecule has 0 aliphatic carbocycles. The van der Waals surface area contributed by atoms with E-state index in [2.05, 4.69) is 20.5 Å². The summed E-state index contributed by atoms with van der Waals surface area (Å²) in [6.45, 7) is 2.67. The Hall–Kier alpha value is -3.00. The summed E-state index contributed by atoms with van der Waals surface area (Å²) >= 11 is 1.33. The smallest absolute Gasteiger partial charge is 0.250 e. The molecular formula is C20H22N4O3S. The van der Waals surface area contributed by atoms with Crippen molar-refractivity contribution in [2.24, 2.45) is 5.10 Å². The van der Waals surface area contributed by atoms with Crippen molar-refractivity contribution >= 4 is 34.9 Å². The summed E-state index contributed by atoms with van der Waals surface area (Å²) in [5.41, 5.74) is 5.14. The van der Waals surface area contributed by atoms with Gasteiger partial charge in [0.15, 0.2) is 16.7 Å². The lowest BCUT2D eigenvalue weighted by molar-refractivity contribution is -0.118. The number of H-pyrrole nitrogens is 1. The minimum Gasteiger partial charge on any atom is -0.493 e. The predicted octanol–water partition coefficient (Wildman–Crippen LogP) is 3.60. The second kappa shape index (κ2) is 9.80. The quantitative estimate of drug-likeness (QED) is 0.327. The standard InChI is InChI=1S/C20H22N4O3S/c1-3-10-27-17-9-8-14(11-18(17)26-2)12-21-24-19(25)13-28-20-22-15-6-4-5-7-16(15)23-20/h4-9,11-12H,3,10,13H2,1-2H3,(H,22,23)(H,24,25)/b21-12+. The van der Waals surface area contributed by atoms with E-state index in [9.17, 15) is 4.79 Å². The summed E-state index contributed by atoms with van der Waals surface area (Å²) in [6, 6.07) is 13.2. The fourth-order valence-corrected chi connectivity index (χ4v) is 3.12. The number of rotatable bonds is 9. The van der Waals surface area contributed by atoms with E-state index >= 15 is 0 Å². The number of amides is 1. The van der Waals surface area contributed by atoms with Crippen LogP contribution in [0.1, 0.15) is 18.9 Å². The number of carbonyl (C=O) groups excluding carboxylic acids is 1. The highest BCUT2D eigenvalue weighted by molar-refractivity contribution is 7.99. The highest BCUT2D eigenvalue weighted by Crippen LogP contribution is 2.27. The lowest BCUT2D eigenvalue weighted by Gasteiger charge is -2.10. The first-order chi connectivity index (χ1) is 13.7. The van der Waals surface area contributed by atoms with Crippen molar-refractivity contribution in [2.45, 2.75) is 18.5 Å². The molecule has 1 amide bonds. The van der Waals surface area contributed by atoms with Crippen LogP contribution in [0.5, 0.6) is 11.5 Å². The Labute approximate surface area is 167 Å². The van der Waals surface area contributed by atoms with Crippen LogP contribution in [-0.2, 0) is 4.79 Å². The van der Waals surface area contributed by atoms with E-state index in [1.54, 1.807) is 13.3 Å². The van der Waals surface area contributed by atoms with Crippen LogP contribution in [0.2, 0.25) is 0 Å². The van der Waals surface area contributed by atoms with Crippen molar-refractivity contribution in [3.05, 3.63) is 48.0 Å². The lowest BCUT2D eigenvalue weighted by Crippen LogP contribution is -2.19. The van der Waals surface area contributed by atoms with Gasteiger partial charge in [-0.25, -0.2) is 10.4 Å². The third kappa shape index (κ3) is 5.26. The molecule has 0 unspecified atom stereocenters. The number of hydrogen-bond acceptors (Lipinski definition) is 6. The molecule has 0 saturated carbocycles. The number of carbonyl (C=O) groups is 1. The average Bonchev–Trinajstić information content (AvgIpc) is 3.14. The number of nitrogens with one attached hydrogen (secondary N) is 2. The minimum absolute atomic E-state index is 0.212. The van der Waals surface area contributed by atoms with Crippen molar-refractivity contribution in [3.8, 4) is 11.5 Å². The van der Waals surface area contributed by atoms with Crippen LogP contribution in [0, 0.1) is 0 Å². The van der Waals surface area contributed by atoms with E-state index in [1.165, 1.54) is 11.8 Å². The van der Waals surface area contributed by atoms with Crippen molar-refractivity contribution < 1.29 is 14.3 Å². The highest BCUT2D eigenvalue weighted by Gasteiger charge is 2.07. The molecule has 0 fully saturated rings. The van der Waals surface area contributed by atoms with E-state index in [-0.39, 0.29) is 11.7 Å². The monoisotopic (exact) mass is 398 g/mol. The van der Waals surface area contributed by atoms with E-state index in [0.717, 1.165) is 23.0 Å². The summed E-state index contributed by atoms with van der Waals surface area (Å²) in [5.74, 6) is 1.32. The number of imidazole rings is 1. The van der Waals surface area contributed by atoms with Crippen molar-refractivity contribution in [1.82, 2.24) is 15.4 Å². The van der Waals surface area contributed by atoms with Crippen LogP contribution in [0.25, 0.3) is 11.0 Å². The van der Waals surface area contributed by atoms with Crippen LogP contribution in [0.3, 0.4) is 0 Å². The lowest BCUT2D eigenvalue weighted by atomic mass is 10.2. The van der Waals surface area contributed by atoms with Gasteiger partial charge in [0, 0.05) is 0 Å². The summed E-state index contributed by atoms with van der Waals surface area (Å²) < 4.78 is 11.0. The Bertz CT molecular complexity index is 938. The summed E-state index contributed by atoms with van der Waals surface area (Å²) in [7, 11) is 1.59. The Morgan fingerprint density at radius 1 is 1.29 bits per heavy atom. The molecule has 0 atom stereocenters. The Morgan fingerprint density at radius 3 is 2.93 bits per heavy atom. The van der Waals surface area contributed by atoms with E-state index in [0.29, 0.717) is 23.3 Å². The molecule has 7 nitrogen and oxygen atoms in total. The van der Waals surface area contributed by atoms with Gasteiger partial charge in [-0.05, 0) is 42.3 Å². The molecule has 0 spiro atoms. The van der Waals surface area contributed by atoms with Crippen molar-refractivity contribution in [1.29, 1.82) is 0 Å². The number of hydrogen-bond donors (Lipinski definition) is 2. The number of methoxy groups -OCH3 is 1. The maximum Gasteiger partial charge on any atom is 0.250 e. The number of thioether (sulfide) groups is 1. The number of ether oxygens (including phenoxy) is 2. The molecule has 2 aromatic carbocycles. The molecule has 3 rings (SSSR count). The number of nitrogens with zero attached hydrogens (tertiary/aromatic N) is 2. The van der Waals surface area contributed by atoms with Gasteiger partial charge in [-0.3, -0.25) is 4.79 Å². The zero-order valence-corrected chi connectivity index (χ0v) is 16.6. The van der Waals surface area contributed by atoms with Crippen LogP contribution >= 0.6 is 11.8 Å². The zero-order chi connectivity index (χ0) is 19.8. The fourth-order valence-electron chi connectivity index (χ4n) is 2.44. The number of fused-ring (bicyclic) bond motifs is 1. The van der Waals surface area contributed by atoms with E-state index in [1.807, 2.05) is 49.4 Å². The maximum absolute atomic E-state index is 12.0. The minimum atomic E-state index is -0.212. The first-order valence-corrected chi connectivity index (χ1v) is 9.88. The largest absolute Gasteiger partial charge is 0.493 e. The second-order valence-electron chi connectivity index (χ2n) is 5.90. The van der Waals surface area contributed by atoms with Gasteiger partial charge in [-0.2, -0.15) is 5.10 Å². The molecule has 2 N–H and O–H groups in total. The van der Waals surface area contributed by atoms with Gasteiger partial charge >= 0.3 is 0 Å². The third-order valence-corrected chi connectivity index (χ3v) is 4.63. The summed E-state index contributed by atoms with van der Waals surface area (Å²) in [4.78, 5) is 19.6. The molecule has 0 bridgehead atoms. The predicted molar refractivity (Wildman–Crippen MR) is 111 cm³/mol. The van der Waals surface area contributed by atoms with Gasteiger partial charge in [-0.1, -0.05) is 30.8 Å². The average molecular weight is 398 g/mol. The number of benzene rings is 2. The molecule has 3 aromatic rings. The van der Waals surface area contributed by atoms with Crippen molar-refractivity contribution in [2.75, 3.05) is 19.5 Å². The Morgan fingerprint density at radius 2 is 2.14 bits per heavy atom. The molecule has 146 valence electrons. The van der Waals surface area contributed by atoms with E-state index in [4.69, 9.17) is 9.47 Å². The molecule has 1 heterocycles. The molecule has 0 radical (unpaired) electrons. The van der Waals surface area contributed by atoms with Crippen molar-refractivity contribution in [3.63, 3.8) is 0 Å². The third-order valence-electron chi connectivity index (χ3n) is 3.76. The Kier molecular flexibility index (Phi) is 6.91. The van der Waals surface area contributed by atoms with Crippen LogP contribution < -0.4 is 14.9 Å². The molecular weight excluding hydrogens is 376 g/mol.